The summed E-state index contributed by atoms with van der Waals surface area (Å²) in [7, 11) is 0. The van der Waals surface area contributed by atoms with Crippen LogP contribution in [0.3, 0.4) is 0 Å². The molecule has 1 aliphatic heterocycles. The summed E-state index contributed by atoms with van der Waals surface area (Å²) >= 11 is 0. The molecule has 1 amide bonds. The summed E-state index contributed by atoms with van der Waals surface area (Å²) in [5.41, 5.74) is 7.62. The number of benzene rings is 1. The molecule has 204 valence electrons. The number of alkyl halides is 3. The topological polar surface area (TPSA) is 91.2 Å². The quantitative estimate of drug-likeness (QED) is 0.470. The lowest BCUT2D eigenvalue weighted by atomic mass is 9.65. The van der Waals surface area contributed by atoms with Crippen LogP contribution in [0.1, 0.15) is 62.8 Å². The van der Waals surface area contributed by atoms with Gasteiger partial charge in [0.15, 0.2) is 0 Å². The third-order valence-electron chi connectivity index (χ3n) is 7.53. The van der Waals surface area contributed by atoms with Gasteiger partial charge in [-0.05, 0) is 64.0 Å². The Kier molecular flexibility index (Phi) is 6.23. The number of ether oxygens (including phenoxy) is 1. The first-order valence-corrected chi connectivity index (χ1v) is 12.8. The predicted molar refractivity (Wildman–Crippen MR) is 136 cm³/mol. The molecule has 1 aliphatic carbocycles. The van der Waals surface area contributed by atoms with Crippen LogP contribution in [-0.2, 0) is 17.5 Å². The van der Waals surface area contributed by atoms with Gasteiger partial charge in [0, 0.05) is 30.4 Å². The molecule has 1 saturated carbocycles. The second kappa shape index (κ2) is 9.06. The zero-order valence-electron chi connectivity index (χ0n) is 22.0. The number of anilines is 1. The molecular weight excluding hydrogens is 497 g/mol. The third-order valence-corrected chi connectivity index (χ3v) is 7.53. The number of amides is 1. The maximum absolute atomic E-state index is 13.4. The maximum atomic E-state index is 13.4. The lowest BCUT2D eigenvalue weighted by molar-refractivity contribution is -0.138. The Hall–Kier alpha value is -3.50. The van der Waals surface area contributed by atoms with Crippen LogP contribution in [0, 0.1) is 12.3 Å². The molecule has 2 N–H and O–H groups in total. The van der Waals surface area contributed by atoms with Crippen LogP contribution >= 0.6 is 0 Å². The smallest absolute Gasteiger partial charge is 0.416 e. The van der Waals surface area contributed by atoms with Crippen LogP contribution in [0.5, 0.6) is 0 Å². The number of halogens is 3. The highest BCUT2D eigenvalue weighted by atomic mass is 19.4. The Labute approximate surface area is 219 Å². The number of nitrogens with zero attached hydrogens (tertiary/aromatic N) is 5. The van der Waals surface area contributed by atoms with Gasteiger partial charge in [0.2, 0.25) is 0 Å². The van der Waals surface area contributed by atoms with E-state index < -0.39 is 17.3 Å². The van der Waals surface area contributed by atoms with E-state index in [-0.39, 0.29) is 29.7 Å². The van der Waals surface area contributed by atoms with Crippen molar-refractivity contribution in [3.63, 3.8) is 0 Å². The van der Waals surface area contributed by atoms with E-state index in [0.29, 0.717) is 30.2 Å². The van der Waals surface area contributed by atoms with Crippen LogP contribution in [0.15, 0.2) is 36.7 Å². The molecule has 5 rings (SSSR count). The molecule has 8 nitrogen and oxygen atoms in total. The van der Waals surface area contributed by atoms with Crippen LogP contribution in [0.4, 0.5) is 23.8 Å². The summed E-state index contributed by atoms with van der Waals surface area (Å²) in [4.78, 5) is 14.3. The summed E-state index contributed by atoms with van der Waals surface area (Å²) in [5.74, 6) is 0.567. The molecule has 1 saturated heterocycles. The van der Waals surface area contributed by atoms with Gasteiger partial charge in [-0.25, -0.2) is 9.48 Å². The fourth-order valence-electron chi connectivity index (χ4n) is 5.63. The summed E-state index contributed by atoms with van der Waals surface area (Å²) in [6, 6.07) is 5.63. The Balaban J connectivity index is 1.28. The summed E-state index contributed by atoms with van der Waals surface area (Å²) in [6.07, 6.45) is 1.25. The van der Waals surface area contributed by atoms with Gasteiger partial charge in [0.25, 0.3) is 0 Å². The third kappa shape index (κ3) is 4.98. The summed E-state index contributed by atoms with van der Waals surface area (Å²) in [6.45, 7) is 8.81. The van der Waals surface area contributed by atoms with Crippen molar-refractivity contribution in [2.75, 3.05) is 18.8 Å². The number of hydrogen-bond acceptors (Lipinski definition) is 5. The normalized spacial score (nSPS) is 21.7. The number of aromatic nitrogens is 4. The zero-order valence-corrected chi connectivity index (χ0v) is 22.0. The monoisotopic (exact) mass is 530 g/mol. The fraction of sp³-hybridized carbons (Fsp3) is 0.519. The number of hydrogen-bond donors (Lipinski definition) is 1. The van der Waals surface area contributed by atoms with Crippen LogP contribution in [-0.4, -0.2) is 49.2 Å². The van der Waals surface area contributed by atoms with Gasteiger partial charge in [0.05, 0.1) is 24.3 Å². The van der Waals surface area contributed by atoms with E-state index in [9.17, 15) is 18.0 Å². The number of rotatable bonds is 4. The van der Waals surface area contributed by atoms with E-state index in [4.69, 9.17) is 15.6 Å². The molecule has 2 aromatic heterocycles. The standard InChI is InChI=1S/C27H33F3N6O2/c1-17-22(19-13-32-35(15-19)14-18-7-5-6-8-21(18)27(28,29)30)33-36(23(17)31)20-11-26(12-20)9-10-34(16-26)24(37)38-25(2,3)4/h5-8,13,15,20H,9-12,14,16,31H2,1-4H3. The molecule has 2 fully saturated rings. The zero-order chi connectivity index (χ0) is 27.5. The SMILES string of the molecule is Cc1c(-c2cnn(Cc3ccccc3C(F)(F)F)c2)nn(C2CC3(CCN(C(=O)OC(C)(C)C)C3)C2)c1N. The van der Waals surface area contributed by atoms with Crippen molar-refractivity contribution in [2.45, 2.75) is 71.3 Å². The molecule has 0 bridgehead atoms. The first-order chi connectivity index (χ1) is 17.7. The Morgan fingerprint density at radius 2 is 1.92 bits per heavy atom. The first kappa shape index (κ1) is 26.1. The second-order valence-corrected chi connectivity index (χ2v) is 11.6. The molecule has 38 heavy (non-hydrogen) atoms. The molecule has 11 heteroatoms. The summed E-state index contributed by atoms with van der Waals surface area (Å²) < 4.78 is 49.0. The highest BCUT2D eigenvalue weighted by Crippen LogP contribution is 2.55. The maximum Gasteiger partial charge on any atom is 0.416 e. The molecule has 1 spiro atoms. The fourth-order valence-corrected chi connectivity index (χ4v) is 5.63. The number of nitrogen functional groups attached to an aromatic ring is 1. The molecule has 0 unspecified atom stereocenters. The van der Waals surface area contributed by atoms with Crippen molar-refractivity contribution in [2.24, 2.45) is 5.41 Å². The van der Waals surface area contributed by atoms with Crippen LogP contribution in [0.25, 0.3) is 11.3 Å². The largest absolute Gasteiger partial charge is 0.444 e. The van der Waals surface area contributed by atoms with Crippen molar-refractivity contribution >= 4 is 11.9 Å². The molecular formula is C27H33F3N6O2. The average Bonchev–Trinajstić information content (AvgIpc) is 3.50. The van der Waals surface area contributed by atoms with E-state index in [1.165, 1.54) is 16.8 Å². The molecule has 1 aromatic carbocycles. The number of carbonyl (C=O) groups excluding carboxylic acids is 1. The lowest BCUT2D eigenvalue weighted by Gasteiger charge is -2.45. The Morgan fingerprint density at radius 1 is 1.21 bits per heavy atom. The first-order valence-electron chi connectivity index (χ1n) is 12.8. The lowest BCUT2D eigenvalue weighted by Crippen LogP contribution is -2.43. The van der Waals surface area contributed by atoms with Gasteiger partial charge in [-0.1, -0.05) is 18.2 Å². The Bertz CT molecular complexity index is 1350. The molecule has 3 heterocycles. The van der Waals surface area contributed by atoms with Gasteiger partial charge < -0.3 is 15.4 Å². The summed E-state index contributed by atoms with van der Waals surface area (Å²) in [5, 5.41) is 9.08. The van der Waals surface area contributed by atoms with Crippen molar-refractivity contribution in [1.82, 2.24) is 24.5 Å². The van der Waals surface area contributed by atoms with Gasteiger partial charge in [-0.3, -0.25) is 4.68 Å². The van der Waals surface area contributed by atoms with Crippen molar-refractivity contribution in [3.8, 4) is 11.3 Å². The highest BCUT2D eigenvalue weighted by molar-refractivity contribution is 5.69. The number of carbonyl (C=O) groups is 1. The van der Waals surface area contributed by atoms with Gasteiger partial charge in [-0.2, -0.15) is 23.4 Å². The van der Waals surface area contributed by atoms with Crippen molar-refractivity contribution in [1.29, 1.82) is 0 Å². The molecule has 0 atom stereocenters. The minimum atomic E-state index is -4.43. The van der Waals surface area contributed by atoms with Gasteiger partial charge in [-0.15, -0.1) is 0 Å². The van der Waals surface area contributed by atoms with E-state index >= 15 is 0 Å². The average molecular weight is 531 g/mol. The number of likely N-dealkylation sites (tertiary alicyclic amines) is 1. The van der Waals surface area contributed by atoms with Gasteiger partial charge >= 0.3 is 12.3 Å². The highest BCUT2D eigenvalue weighted by Gasteiger charge is 2.51. The molecule has 0 radical (unpaired) electrons. The van der Waals surface area contributed by atoms with Crippen molar-refractivity contribution in [3.05, 3.63) is 53.3 Å². The van der Waals surface area contributed by atoms with E-state index in [0.717, 1.165) is 30.9 Å². The second-order valence-electron chi connectivity index (χ2n) is 11.6. The van der Waals surface area contributed by atoms with E-state index in [2.05, 4.69) is 5.10 Å². The molecule has 3 aromatic rings. The van der Waals surface area contributed by atoms with Gasteiger partial charge in [0.1, 0.15) is 17.1 Å². The minimum absolute atomic E-state index is 0.00971. The molecule has 2 aliphatic rings. The van der Waals surface area contributed by atoms with E-state index in [1.807, 2.05) is 32.4 Å². The van der Waals surface area contributed by atoms with E-state index in [1.54, 1.807) is 23.4 Å². The minimum Gasteiger partial charge on any atom is -0.444 e. The Morgan fingerprint density at radius 3 is 2.61 bits per heavy atom. The van der Waals surface area contributed by atoms with Crippen LogP contribution < -0.4 is 5.73 Å². The van der Waals surface area contributed by atoms with Crippen molar-refractivity contribution < 1.29 is 22.7 Å². The predicted octanol–water partition coefficient (Wildman–Crippen LogP) is 5.67. The van der Waals surface area contributed by atoms with Crippen LogP contribution in [0.2, 0.25) is 0 Å². The number of nitrogens with two attached hydrogens (primary N) is 1.